The highest BCUT2D eigenvalue weighted by atomic mass is 35.5. The molecular formula is C23H27ClF6N4O3. The van der Waals surface area contributed by atoms with Gasteiger partial charge in [-0.15, -0.1) is 0 Å². The van der Waals surface area contributed by atoms with E-state index in [9.17, 15) is 35.9 Å². The molecule has 2 amide bonds. The van der Waals surface area contributed by atoms with Crippen molar-refractivity contribution in [3.05, 3.63) is 28.8 Å². The van der Waals surface area contributed by atoms with E-state index < -0.39 is 24.5 Å². The number of halogens is 7. The van der Waals surface area contributed by atoms with Gasteiger partial charge in [-0.3, -0.25) is 9.69 Å². The summed E-state index contributed by atoms with van der Waals surface area (Å²) in [4.78, 5) is 31.1. The molecule has 7 nitrogen and oxygen atoms in total. The predicted octanol–water partition coefficient (Wildman–Crippen LogP) is 4.29. The summed E-state index contributed by atoms with van der Waals surface area (Å²) in [5.74, 6) is 0.173. The van der Waals surface area contributed by atoms with Crippen molar-refractivity contribution in [1.82, 2.24) is 14.7 Å². The van der Waals surface area contributed by atoms with Crippen molar-refractivity contribution in [3.63, 3.8) is 0 Å². The molecule has 206 valence electrons. The van der Waals surface area contributed by atoms with E-state index in [1.165, 1.54) is 0 Å². The SMILES string of the molecule is O=C(OC(C(F)(F)F)C(F)(F)F)N1CCN(Cc2ccc(Cl)cc2N2CC[C@@H](N3CCCC3=O)C2)CC1. The van der Waals surface area contributed by atoms with E-state index in [0.29, 0.717) is 24.5 Å². The number of amides is 2. The second kappa shape index (κ2) is 10.8. The third-order valence-electron chi connectivity index (χ3n) is 6.94. The van der Waals surface area contributed by atoms with Gasteiger partial charge < -0.3 is 19.4 Å². The fourth-order valence-electron chi connectivity index (χ4n) is 5.06. The number of piperazine rings is 1. The zero-order valence-electron chi connectivity index (χ0n) is 19.8. The first kappa shape index (κ1) is 27.6. The van der Waals surface area contributed by atoms with Gasteiger partial charge in [-0.25, -0.2) is 4.79 Å². The van der Waals surface area contributed by atoms with E-state index in [2.05, 4.69) is 9.64 Å². The van der Waals surface area contributed by atoms with Crippen molar-refractivity contribution in [2.24, 2.45) is 0 Å². The van der Waals surface area contributed by atoms with Gasteiger partial charge in [0.1, 0.15) is 0 Å². The van der Waals surface area contributed by atoms with Crippen LogP contribution in [0.15, 0.2) is 18.2 Å². The molecule has 1 aromatic carbocycles. The predicted molar refractivity (Wildman–Crippen MR) is 122 cm³/mol. The van der Waals surface area contributed by atoms with Crippen molar-refractivity contribution in [3.8, 4) is 0 Å². The maximum Gasteiger partial charge on any atom is 0.434 e. The van der Waals surface area contributed by atoms with E-state index in [1.807, 2.05) is 21.9 Å². The first-order chi connectivity index (χ1) is 17.3. The van der Waals surface area contributed by atoms with Gasteiger partial charge in [0.15, 0.2) is 0 Å². The molecule has 3 aliphatic heterocycles. The van der Waals surface area contributed by atoms with Crippen molar-refractivity contribution >= 4 is 29.3 Å². The number of hydrogen-bond donors (Lipinski definition) is 0. The molecular weight excluding hydrogens is 530 g/mol. The lowest BCUT2D eigenvalue weighted by Crippen LogP contribution is -2.52. The Balaban J connectivity index is 1.35. The number of rotatable bonds is 5. The lowest BCUT2D eigenvalue weighted by atomic mass is 10.1. The minimum atomic E-state index is -5.75. The highest BCUT2D eigenvalue weighted by Crippen LogP contribution is 2.36. The van der Waals surface area contributed by atoms with Crippen LogP contribution in [0.2, 0.25) is 5.02 Å². The summed E-state index contributed by atoms with van der Waals surface area (Å²) in [6.07, 6.45) is -15.0. The van der Waals surface area contributed by atoms with Crippen molar-refractivity contribution in [2.75, 3.05) is 50.7 Å². The molecule has 3 saturated heterocycles. The van der Waals surface area contributed by atoms with Gasteiger partial charge in [0.05, 0.1) is 6.04 Å². The number of anilines is 1. The maximum absolute atomic E-state index is 12.7. The molecule has 0 unspecified atom stereocenters. The van der Waals surface area contributed by atoms with E-state index >= 15 is 0 Å². The van der Waals surface area contributed by atoms with Gasteiger partial charge in [-0.05, 0) is 30.5 Å². The highest BCUT2D eigenvalue weighted by molar-refractivity contribution is 6.30. The van der Waals surface area contributed by atoms with Crippen LogP contribution in [0.1, 0.15) is 24.8 Å². The molecule has 3 aliphatic rings. The zero-order valence-corrected chi connectivity index (χ0v) is 20.6. The Morgan fingerprint density at radius 1 is 1.03 bits per heavy atom. The Bertz CT molecular complexity index is 986. The van der Waals surface area contributed by atoms with E-state index in [-0.39, 0.29) is 38.1 Å². The zero-order chi connectivity index (χ0) is 27.0. The van der Waals surface area contributed by atoms with Gasteiger partial charge in [-0.1, -0.05) is 17.7 Å². The first-order valence-electron chi connectivity index (χ1n) is 12.0. The van der Waals surface area contributed by atoms with Crippen LogP contribution in [0.3, 0.4) is 0 Å². The van der Waals surface area contributed by atoms with Crippen LogP contribution in [-0.2, 0) is 16.1 Å². The van der Waals surface area contributed by atoms with Gasteiger partial charge in [0.25, 0.3) is 6.10 Å². The average molecular weight is 557 g/mol. The summed E-state index contributed by atoms with van der Waals surface area (Å²) >= 11 is 6.26. The number of benzene rings is 1. The third kappa shape index (κ3) is 6.54. The Kier molecular flexibility index (Phi) is 8.03. The van der Waals surface area contributed by atoms with Crippen molar-refractivity contribution in [2.45, 2.75) is 50.3 Å². The maximum atomic E-state index is 12.7. The van der Waals surface area contributed by atoms with Crippen LogP contribution in [0.5, 0.6) is 0 Å². The number of likely N-dealkylation sites (tertiary alicyclic amines) is 1. The molecule has 0 aromatic heterocycles. The minimum absolute atomic E-state index is 0.0763. The Morgan fingerprint density at radius 3 is 2.30 bits per heavy atom. The van der Waals surface area contributed by atoms with Gasteiger partial charge in [0, 0.05) is 69.5 Å². The van der Waals surface area contributed by atoms with Crippen LogP contribution < -0.4 is 4.90 Å². The number of ether oxygens (including phenoxy) is 1. The second-order valence-corrected chi connectivity index (χ2v) is 9.90. The molecule has 3 heterocycles. The van der Waals surface area contributed by atoms with E-state index in [0.717, 1.165) is 42.1 Å². The van der Waals surface area contributed by atoms with Gasteiger partial charge >= 0.3 is 18.4 Å². The molecule has 0 aliphatic carbocycles. The summed E-state index contributed by atoms with van der Waals surface area (Å²) in [5.41, 5.74) is 1.87. The molecule has 0 N–H and O–H groups in total. The standard InChI is InChI=1S/C23H27ClF6N4O3/c24-16-4-3-15(18(12-16)33-7-5-17(14-33)34-6-1-2-19(34)35)13-31-8-10-32(11-9-31)21(36)37-20(22(25,26)27)23(28,29)30/h3-4,12,17,20H,1-2,5-11,13-14H2/t17-/m1/s1. The quantitative estimate of drug-likeness (QED) is 0.507. The summed E-state index contributed by atoms with van der Waals surface area (Å²) in [5, 5.41) is 0.552. The molecule has 0 bridgehead atoms. The van der Waals surface area contributed by atoms with Crippen molar-refractivity contribution < 1.29 is 40.7 Å². The minimum Gasteiger partial charge on any atom is -0.426 e. The monoisotopic (exact) mass is 556 g/mol. The molecule has 0 radical (unpaired) electrons. The van der Waals surface area contributed by atoms with E-state index in [1.54, 1.807) is 6.07 Å². The largest absolute Gasteiger partial charge is 0.434 e. The topological polar surface area (TPSA) is 56.3 Å². The van der Waals surface area contributed by atoms with Crippen LogP contribution >= 0.6 is 11.6 Å². The third-order valence-corrected chi connectivity index (χ3v) is 7.17. The Morgan fingerprint density at radius 2 is 1.70 bits per heavy atom. The Labute approximate surface area is 214 Å². The summed E-state index contributed by atoms with van der Waals surface area (Å²) < 4.78 is 80.1. The highest BCUT2D eigenvalue weighted by Gasteiger charge is 2.60. The van der Waals surface area contributed by atoms with Crippen molar-refractivity contribution in [1.29, 1.82) is 0 Å². The number of nitrogens with zero attached hydrogens (tertiary/aromatic N) is 4. The molecule has 0 saturated carbocycles. The molecule has 1 aromatic rings. The van der Waals surface area contributed by atoms with E-state index in [4.69, 9.17) is 11.6 Å². The fourth-order valence-corrected chi connectivity index (χ4v) is 5.23. The fraction of sp³-hybridized carbons (Fsp3) is 0.652. The lowest BCUT2D eigenvalue weighted by Gasteiger charge is -2.36. The molecule has 3 fully saturated rings. The summed E-state index contributed by atoms with van der Waals surface area (Å²) in [6, 6.07) is 5.62. The number of carbonyl (C=O) groups excluding carboxylic acids is 2. The number of alkyl halides is 6. The average Bonchev–Trinajstić information content (AvgIpc) is 3.46. The normalized spacial score (nSPS) is 21.9. The summed E-state index contributed by atoms with van der Waals surface area (Å²) in [7, 11) is 0. The lowest BCUT2D eigenvalue weighted by molar-refractivity contribution is -0.308. The molecule has 37 heavy (non-hydrogen) atoms. The molecule has 4 rings (SSSR count). The molecule has 1 atom stereocenters. The Hall–Kier alpha value is -2.41. The molecule has 0 spiro atoms. The second-order valence-electron chi connectivity index (χ2n) is 9.46. The van der Waals surface area contributed by atoms with Crippen LogP contribution in [0.25, 0.3) is 0 Å². The number of carbonyl (C=O) groups is 2. The first-order valence-corrected chi connectivity index (χ1v) is 12.3. The van der Waals surface area contributed by atoms with Crippen LogP contribution in [0, 0.1) is 0 Å². The molecule has 14 heteroatoms. The summed E-state index contributed by atoms with van der Waals surface area (Å²) in [6.45, 7) is 2.97. The van der Waals surface area contributed by atoms with Gasteiger partial charge in [0.2, 0.25) is 5.91 Å². The van der Waals surface area contributed by atoms with Gasteiger partial charge in [-0.2, -0.15) is 26.3 Å². The number of hydrogen-bond acceptors (Lipinski definition) is 5. The van der Waals surface area contributed by atoms with Crippen LogP contribution in [0.4, 0.5) is 36.8 Å². The smallest absolute Gasteiger partial charge is 0.426 e. The van der Waals surface area contributed by atoms with Crippen LogP contribution in [-0.4, -0.2) is 97.0 Å².